The highest BCUT2D eigenvalue weighted by atomic mass is 16.3. The minimum Gasteiger partial charge on any atom is -0.455 e. The van der Waals surface area contributed by atoms with Crippen LogP contribution < -0.4 is 0 Å². The molecular formula is C60H38N2O. The van der Waals surface area contributed by atoms with Crippen molar-refractivity contribution in [2.75, 3.05) is 0 Å². The van der Waals surface area contributed by atoms with Crippen LogP contribution in [0.1, 0.15) is 0 Å². The number of furan rings is 1. The number of para-hydroxylation sites is 5. The van der Waals surface area contributed by atoms with E-state index in [-0.39, 0.29) is 0 Å². The van der Waals surface area contributed by atoms with E-state index in [1.807, 2.05) is 12.1 Å². The van der Waals surface area contributed by atoms with Gasteiger partial charge >= 0.3 is 0 Å². The quantitative estimate of drug-likeness (QED) is 0.164. The Bertz CT molecular complexity index is 3870. The Balaban J connectivity index is 0.833. The van der Waals surface area contributed by atoms with Gasteiger partial charge in [0.15, 0.2) is 0 Å². The summed E-state index contributed by atoms with van der Waals surface area (Å²) in [6.07, 6.45) is 0. The van der Waals surface area contributed by atoms with Crippen LogP contribution in [-0.2, 0) is 0 Å². The van der Waals surface area contributed by atoms with Gasteiger partial charge in [0.05, 0.1) is 22.1 Å². The number of benzene rings is 10. The second-order valence-corrected chi connectivity index (χ2v) is 16.5. The van der Waals surface area contributed by atoms with Crippen molar-refractivity contribution in [3.05, 3.63) is 231 Å². The van der Waals surface area contributed by atoms with E-state index in [1.165, 1.54) is 77.0 Å². The van der Waals surface area contributed by atoms with Gasteiger partial charge < -0.3 is 13.6 Å². The third kappa shape index (κ3) is 5.60. The van der Waals surface area contributed by atoms with Gasteiger partial charge in [-0.05, 0) is 93.5 Å². The van der Waals surface area contributed by atoms with Crippen LogP contribution >= 0.6 is 0 Å². The summed E-state index contributed by atoms with van der Waals surface area (Å²) >= 11 is 0. The smallest absolute Gasteiger partial charge is 0.143 e. The molecular weight excluding hydrogens is 765 g/mol. The summed E-state index contributed by atoms with van der Waals surface area (Å²) in [4.78, 5) is 0. The van der Waals surface area contributed by atoms with Crippen molar-refractivity contribution in [3.63, 3.8) is 0 Å². The van der Waals surface area contributed by atoms with Crippen LogP contribution in [0, 0.1) is 0 Å². The highest BCUT2D eigenvalue weighted by molar-refractivity contribution is 6.17. The maximum Gasteiger partial charge on any atom is 0.143 e. The van der Waals surface area contributed by atoms with Crippen molar-refractivity contribution in [2.45, 2.75) is 0 Å². The van der Waals surface area contributed by atoms with Gasteiger partial charge in [-0.1, -0.05) is 176 Å². The Morgan fingerprint density at radius 3 is 1.48 bits per heavy atom. The van der Waals surface area contributed by atoms with Crippen LogP contribution in [0.2, 0.25) is 0 Å². The SMILES string of the molecule is c1ccc(-n2c3ccccc3c3ccc(-c4cccc5c4c4ccccc4n5-c4ccc(-c5ccc(-c6ccc(-c7cccc8c7oc7ccccc78)cc6)cc5)cc4)cc32)cc1. The lowest BCUT2D eigenvalue weighted by atomic mass is 9.97. The molecule has 0 fully saturated rings. The van der Waals surface area contributed by atoms with Gasteiger partial charge in [0.2, 0.25) is 0 Å². The van der Waals surface area contributed by atoms with Gasteiger partial charge in [0.1, 0.15) is 11.2 Å². The molecule has 0 aliphatic carbocycles. The molecule has 13 aromatic rings. The van der Waals surface area contributed by atoms with E-state index in [0.29, 0.717) is 0 Å². The lowest BCUT2D eigenvalue weighted by Gasteiger charge is -2.11. The number of hydrogen-bond donors (Lipinski definition) is 0. The monoisotopic (exact) mass is 802 g/mol. The minimum atomic E-state index is 0.918. The molecule has 294 valence electrons. The first-order valence-electron chi connectivity index (χ1n) is 21.6. The second kappa shape index (κ2) is 14.1. The fraction of sp³-hybridized carbons (Fsp3) is 0. The van der Waals surface area contributed by atoms with E-state index >= 15 is 0 Å². The summed E-state index contributed by atoms with van der Waals surface area (Å²) in [5, 5.41) is 7.31. The second-order valence-electron chi connectivity index (χ2n) is 16.5. The fourth-order valence-corrected chi connectivity index (χ4v) is 10.0. The first kappa shape index (κ1) is 35.4. The topological polar surface area (TPSA) is 23.0 Å². The number of nitrogens with zero attached hydrogens (tertiary/aromatic N) is 2. The van der Waals surface area contributed by atoms with Gasteiger partial charge in [-0.2, -0.15) is 0 Å². The summed E-state index contributed by atoms with van der Waals surface area (Å²) in [6, 6.07) is 83.4. The van der Waals surface area contributed by atoms with Crippen molar-refractivity contribution in [1.82, 2.24) is 9.13 Å². The van der Waals surface area contributed by atoms with E-state index in [1.54, 1.807) is 0 Å². The number of fused-ring (bicyclic) bond motifs is 9. The van der Waals surface area contributed by atoms with Gasteiger partial charge in [-0.25, -0.2) is 0 Å². The van der Waals surface area contributed by atoms with E-state index < -0.39 is 0 Å². The Labute approximate surface area is 363 Å². The van der Waals surface area contributed by atoms with Crippen molar-refractivity contribution in [3.8, 4) is 55.9 Å². The molecule has 3 aromatic heterocycles. The summed E-state index contributed by atoms with van der Waals surface area (Å²) in [6.45, 7) is 0. The van der Waals surface area contributed by atoms with E-state index in [9.17, 15) is 0 Å². The maximum absolute atomic E-state index is 6.33. The molecule has 0 aliphatic rings. The Morgan fingerprint density at radius 2 is 0.746 bits per heavy atom. The van der Waals surface area contributed by atoms with Crippen LogP contribution in [0.4, 0.5) is 0 Å². The molecule has 0 N–H and O–H groups in total. The molecule has 13 rings (SSSR count). The molecule has 0 radical (unpaired) electrons. The van der Waals surface area contributed by atoms with Gasteiger partial charge in [-0.3, -0.25) is 0 Å². The molecule has 63 heavy (non-hydrogen) atoms. The first-order valence-corrected chi connectivity index (χ1v) is 21.6. The number of aromatic nitrogens is 2. The van der Waals surface area contributed by atoms with Crippen molar-refractivity contribution < 1.29 is 4.42 Å². The standard InChI is InChI=1S/C60H38N2O/c1-2-12-45(13-3-1)62-54-20-7-4-14-49(54)50-37-34-44(38-57(50)62)47-17-11-22-56-59(47)53-16-5-8-21-55(53)61(56)46-35-32-42(33-36-46)40-26-24-39(25-27-40)41-28-30-43(31-29-41)48-18-10-19-52-51-15-6-9-23-58(51)63-60(48)52/h1-38H. The molecule has 0 amide bonds. The Morgan fingerprint density at radius 1 is 0.270 bits per heavy atom. The lowest BCUT2D eigenvalue weighted by Crippen LogP contribution is -1.94. The van der Waals surface area contributed by atoms with Crippen LogP contribution in [0.25, 0.3) is 121 Å². The summed E-state index contributed by atoms with van der Waals surface area (Å²) in [7, 11) is 0. The van der Waals surface area contributed by atoms with Crippen LogP contribution in [0.5, 0.6) is 0 Å². The van der Waals surface area contributed by atoms with Crippen LogP contribution in [0.3, 0.4) is 0 Å². The number of rotatable bonds is 6. The zero-order chi connectivity index (χ0) is 41.4. The average Bonchev–Trinajstić information content (AvgIpc) is 4.02. The largest absolute Gasteiger partial charge is 0.455 e. The normalized spacial score (nSPS) is 11.8. The predicted molar refractivity (Wildman–Crippen MR) is 264 cm³/mol. The lowest BCUT2D eigenvalue weighted by molar-refractivity contribution is 0.670. The highest BCUT2D eigenvalue weighted by Gasteiger charge is 2.19. The maximum atomic E-state index is 6.33. The van der Waals surface area contributed by atoms with Crippen molar-refractivity contribution in [1.29, 1.82) is 0 Å². The number of hydrogen-bond acceptors (Lipinski definition) is 1. The minimum absolute atomic E-state index is 0.918. The zero-order valence-corrected chi connectivity index (χ0v) is 34.2. The fourth-order valence-electron chi connectivity index (χ4n) is 10.0. The van der Waals surface area contributed by atoms with E-state index in [4.69, 9.17) is 4.42 Å². The molecule has 0 spiro atoms. The van der Waals surface area contributed by atoms with Gasteiger partial charge in [-0.15, -0.1) is 0 Å². The van der Waals surface area contributed by atoms with Gasteiger partial charge in [0, 0.05) is 49.3 Å². The van der Waals surface area contributed by atoms with Crippen molar-refractivity contribution >= 4 is 65.6 Å². The Kier molecular flexibility index (Phi) is 7.91. The third-order valence-electron chi connectivity index (χ3n) is 13.0. The zero-order valence-electron chi connectivity index (χ0n) is 34.2. The molecule has 3 heterocycles. The molecule has 0 saturated carbocycles. The van der Waals surface area contributed by atoms with E-state index in [0.717, 1.165) is 44.4 Å². The molecule has 0 saturated heterocycles. The summed E-state index contributed by atoms with van der Waals surface area (Å²) < 4.78 is 11.1. The molecule has 10 aromatic carbocycles. The highest BCUT2D eigenvalue weighted by Crippen LogP contribution is 2.42. The predicted octanol–water partition coefficient (Wildman–Crippen LogP) is 16.4. The van der Waals surface area contributed by atoms with Crippen LogP contribution in [-0.4, -0.2) is 9.13 Å². The molecule has 0 aliphatic heterocycles. The van der Waals surface area contributed by atoms with Crippen LogP contribution in [0.15, 0.2) is 235 Å². The third-order valence-corrected chi connectivity index (χ3v) is 13.0. The molecule has 0 bridgehead atoms. The molecule has 0 unspecified atom stereocenters. The summed E-state index contributed by atoms with van der Waals surface area (Å²) in [5.74, 6) is 0. The van der Waals surface area contributed by atoms with E-state index in [2.05, 4.69) is 228 Å². The average molecular weight is 803 g/mol. The molecule has 3 nitrogen and oxygen atoms in total. The van der Waals surface area contributed by atoms with Gasteiger partial charge in [0.25, 0.3) is 0 Å². The first-order chi connectivity index (χ1) is 31.2. The molecule has 0 atom stereocenters. The molecule has 3 heteroatoms. The summed E-state index contributed by atoms with van der Waals surface area (Å²) in [5.41, 5.74) is 18.4. The van der Waals surface area contributed by atoms with Crippen molar-refractivity contribution in [2.24, 2.45) is 0 Å². The Hall–Kier alpha value is -8.40.